The number of hydrogen-bond acceptors (Lipinski definition) is 3. The van der Waals surface area contributed by atoms with Gasteiger partial charge in [0.1, 0.15) is 0 Å². The van der Waals surface area contributed by atoms with Gasteiger partial charge in [0.15, 0.2) is 0 Å². The van der Waals surface area contributed by atoms with Crippen molar-refractivity contribution < 1.29 is 13.2 Å². The normalized spacial score (nSPS) is 11.4. The molecule has 0 aliphatic rings. The van der Waals surface area contributed by atoms with Gasteiger partial charge in [-0.15, -0.1) is 0 Å². The van der Waals surface area contributed by atoms with E-state index in [9.17, 15) is 13.2 Å². The quantitative estimate of drug-likeness (QED) is 0.813. The van der Waals surface area contributed by atoms with E-state index in [1.54, 1.807) is 6.92 Å². The number of amides is 1. The van der Waals surface area contributed by atoms with Crippen LogP contribution in [0, 0.1) is 6.92 Å². The van der Waals surface area contributed by atoms with Crippen molar-refractivity contribution in [1.82, 2.24) is 5.32 Å². The molecule has 5 nitrogen and oxygen atoms in total. The van der Waals surface area contributed by atoms with E-state index in [0.29, 0.717) is 12.1 Å². The molecule has 0 saturated carbocycles. The first-order chi connectivity index (χ1) is 8.77. The van der Waals surface area contributed by atoms with E-state index in [1.165, 1.54) is 12.1 Å². The first-order valence-corrected chi connectivity index (χ1v) is 7.81. The highest BCUT2D eigenvalue weighted by Crippen LogP contribution is 2.23. The molecule has 0 aliphatic carbocycles. The van der Waals surface area contributed by atoms with Gasteiger partial charge in [0.25, 0.3) is 5.91 Å². The van der Waals surface area contributed by atoms with Crippen molar-refractivity contribution in [3.8, 4) is 0 Å². The van der Waals surface area contributed by atoms with Crippen LogP contribution in [0.5, 0.6) is 0 Å². The Balaban J connectivity index is 3.13. The van der Waals surface area contributed by atoms with Gasteiger partial charge in [-0.2, -0.15) is 0 Å². The number of carbonyl (C=O) groups excluding carboxylic acids is 1. The van der Waals surface area contributed by atoms with Crippen molar-refractivity contribution in [1.29, 1.82) is 0 Å². The van der Waals surface area contributed by atoms with E-state index >= 15 is 0 Å². The number of hydrogen-bond donors (Lipinski definition) is 2. The van der Waals surface area contributed by atoms with Crippen LogP contribution >= 0.6 is 11.6 Å². The number of halogens is 1. The van der Waals surface area contributed by atoms with Crippen LogP contribution in [0.1, 0.15) is 35.7 Å². The molecule has 0 heterocycles. The summed E-state index contributed by atoms with van der Waals surface area (Å²) < 4.78 is 22.6. The average Bonchev–Trinajstić information content (AvgIpc) is 2.31. The Kier molecular flexibility index (Phi) is 5.34. The van der Waals surface area contributed by atoms with Crippen molar-refractivity contribution in [3.63, 3.8) is 0 Å². The van der Waals surface area contributed by atoms with Gasteiger partial charge in [0, 0.05) is 17.1 Å². The Morgan fingerprint density at radius 1 is 1.42 bits per heavy atom. The number of rotatable bonds is 5. The van der Waals surface area contributed by atoms with Gasteiger partial charge in [-0.25, -0.2) is 13.6 Å². The zero-order valence-electron chi connectivity index (χ0n) is 10.9. The summed E-state index contributed by atoms with van der Waals surface area (Å²) in [5.74, 6) is -0.349. The third-order valence-electron chi connectivity index (χ3n) is 2.71. The molecule has 0 fully saturated rings. The van der Waals surface area contributed by atoms with E-state index in [2.05, 4.69) is 5.32 Å². The van der Waals surface area contributed by atoms with E-state index < -0.39 is 10.0 Å². The number of unbranched alkanes of at least 4 members (excludes halogenated alkanes) is 1. The number of nitrogens with two attached hydrogens (primary N) is 1. The van der Waals surface area contributed by atoms with Crippen LogP contribution < -0.4 is 10.5 Å². The Morgan fingerprint density at radius 3 is 2.58 bits per heavy atom. The van der Waals surface area contributed by atoms with Crippen LogP contribution in [-0.2, 0) is 10.0 Å². The fourth-order valence-corrected chi connectivity index (χ4v) is 2.38. The highest BCUT2D eigenvalue weighted by molar-refractivity contribution is 7.89. The fourth-order valence-electron chi connectivity index (χ4n) is 1.53. The van der Waals surface area contributed by atoms with Crippen molar-refractivity contribution in [2.45, 2.75) is 31.6 Å². The van der Waals surface area contributed by atoms with Gasteiger partial charge in [-0.1, -0.05) is 24.9 Å². The number of carbonyl (C=O) groups is 1. The standard InChI is InChI=1S/C12H17ClN2O3S/c1-3-4-5-15-12(16)10-6-9(19(14,17)18)7-11(13)8(10)2/h6-7H,3-5H2,1-2H3,(H,15,16)(H2,14,17,18). The van der Waals surface area contributed by atoms with Crippen LogP contribution in [-0.4, -0.2) is 20.9 Å². The predicted molar refractivity (Wildman–Crippen MR) is 74.8 cm³/mol. The van der Waals surface area contributed by atoms with Gasteiger partial charge in [-0.05, 0) is 31.0 Å². The van der Waals surface area contributed by atoms with Crippen LogP contribution in [0.25, 0.3) is 0 Å². The van der Waals surface area contributed by atoms with Gasteiger partial charge in [-0.3, -0.25) is 4.79 Å². The molecular formula is C12H17ClN2O3S. The lowest BCUT2D eigenvalue weighted by atomic mass is 10.1. The lowest BCUT2D eigenvalue weighted by Gasteiger charge is -2.10. The molecule has 0 spiro atoms. The molecular weight excluding hydrogens is 288 g/mol. The summed E-state index contributed by atoms with van der Waals surface area (Å²) in [6.07, 6.45) is 1.81. The Hall–Kier alpha value is -1.11. The van der Waals surface area contributed by atoms with Gasteiger partial charge >= 0.3 is 0 Å². The zero-order valence-corrected chi connectivity index (χ0v) is 12.4. The second kappa shape index (κ2) is 6.36. The number of nitrogens with one attached hydrogen (secondary N) is 1. The molecule has 3 N–H and O–H groups in total. The van der Waals surface area contributed by atoms with E-state index in [-0.39, 0.29) is 21.4 Å². The summed E-state index contributed by atoms with van der Waals surface area (Å²) in [6.45, 7) is 4.20. The molecule has 0 bridgehead atoms. The third-order valence-corrected chi connectivity index (χ3v) is 3.99. The van der Waals surface area contributed by atoms with Crippen molar-refractivity contribution >= 4 is 27.5 Å². The predicted octanol–water partition coefficient (Wildman–Crippen LogP) is 1.83. The molecule has 0 aromatic heterocycles. The minimum absolute atomic E-state index is 0.163. The van der Waals surface area contributed by atoms with Crippen molar-refractivity contribution in [3.05, 3.63) is 28.3 Å². The smallest absolute Gasteiger partial charge is 0.251 e. The summed E-state index contributed by atoms with van der Waals surface area (Å²) in [7, 11) is -3.89. The maximum atomic E-state index is 12.0. The van der Waals surface area contributed by atoms with Crippen LogP contribution in [0.15, 0.2) is 17.0 Å². The largest absolute Gasteiger partial charge is 0.352 e. The molecule has 1 rings (SSSR count). The van der Waals surface area contributed by atoms with Gasteiger partial charge in [0.2, 0.25) is 10.0 Å². The van der Waals surface area contributed by atoms with E-state index in [1.807, 2.05) is 6.92 Å². The number of benzene rings is 1. The number of sulfonamides is 1. The van der Waals surface area contributed by atoms with Crippen LogP contribution in [0.3, 0.4) is 0 Å². The zero-order chi connectivity index (χ0) is 14.6. The number of primary sulfonamides is 1. The molecule has 1 aromatic rings. The second-order valence-electron chi connectivity index (χ2n) is 4.23. The molecule has 19 heavy (non-hydrogen) atoms. The summed E-state index contributed by atoms with van der Waals surface area (Å²) in [5.41, 5.74) is 0.760. The topological polar surface area (TPSA) is 89.3 Å². The maximum absolute atomic E-state index is 12.0. The highest BCUT2D eigenvalue weighted by atomic mass is 35.5. The molecule has 1 amide bonds. The lowest BCUT2D eigenvalue weighted by Crippen LogP contribution is -2.25. The molecule has 106 valence electrons. The molecule has 0 atom stereocenters. The average molecular weight is 305 g/mol. The molecule has 0 radical (unpaired) electrons. The summed E-state index contributed by atoms with van der Waals surface area (Å²) in [6, 6.07) is 2.49. The Morgan fingerprint density at radius 2 is 2.05 bits per heavy atom. The Labute approximate surface area is 118 Å². The van der Waals surface area contributed by atoms with Crippen LogP contribution in [0.4, 0.5) is 0 Å². The first-order valence-electron chi connectivity index (χ1n) is 5.88. The second-order valence-corrected chi connectivity index (χ2v) is 6.20. The van der Waals surface area contributed by atoms with E-state index in [0.717, 1.165) is 12.8 Å². The highest BCUT2D eigenvalue weighted by Gasteiger charge is 2.17. The van der Waals surface area contributed by atoms with Gasteiger partial charge < -0.3 is 5.32 Å². The monoisotopic (exact) mass is 304 g/mol. The Bertz CT molecular complexity index is 585. The minimum Gasteiger partial charge on any atom is -0.352 e. The van der Waals surface area contributed by atoms with Gasteiger partial charge in [0.05, 0.1) is 4.90 Å². The molecule has 0 aliphatic heterocycles. The maximum Gasteiger partial charge on any atom is 0.251 e. The SMILES string of the molecule is CCCCNC(=O)c1cc(S(N)(=O)=O)cc(Cl)c1C. The first kappa shape index (κ1) is 15.9. The summed E-state index contributed by atoms with van der Waals surface area (Å²) in [5, 5.41) is 7.96. The summed E-state index contributed by atoms with van der Waals surface area (Å²) >= 11 is 5.93. The molecule has 0 saturated heterocycles. The third kappa shape index (κ3) is 4.19. The lowest BCUT2D eigenvalue weighted by molar-refractivity contribution is 0.0952. The van der Waals surface area contributed by atoms with Crippen LogP contribution in [0.2, 0.25) is 5.02 Å². The van der Waals surface area contributed by atoms with Crippen molar-refractivity contribution in [2.24, 2.45) is 5.14 Å². The molecule has 7 heteroatoms. The minimum atomic E-state index is -3.89. The molecule has 0 unspecified atom stereocenters. The van der Waals surface area contributed by atoms with Crippen molar-refractivity contribution in [2.75, 3.05) is 6.54 Å². The van der Waals surface area contributed by atoms with E-state index in [4.69, 9.17) is 16.7 Å². The fraction of sp³-hybridized carbons (Fsp3) is 0.417. The summed E-state index contributed by atoms with van der Waals surface area (Å²) in [4.78, 5) is 11.8. The molecule has 1 aromatic carbocycles.